The van der Waals surface area contributed by atoms with Crippen LogP contribution in [-0.4, -0.2) is 34.5 Å². The minimum Gasteiger partial charge on any atom is -0.388 e. The molecule has 14 heavy (non-hydrogen) atoms. The number of hydrogen-bond donors (Lipinski definition) is 4. The Kier molecular flexibility index (Phi) is 2.19. The fourth-order valence-corrected chi connectivity index (χ4v) is 2.68. The highest BCUT2D eigenvalue weighted by atomic mass is 16.3. The standard InChI is InChI=1S/C10H18N2O2/c11-5-9(13)4-8-2-1-7(9)3-10(8,14)6-12/h1-2,7-8,13-14H,3-6,11-12H2/t7-,8-,9?,10?/m0/s1. The summed E-state index contributed by atoms with van der Waals surface area (Å²) in [7, 11) is 0. The van der Waals surface area contributed by atoms with Crippen LogP contribution >= 0.6 is 0 Å². The zero-order valence-corrected chi connectivity index (χ0v) is 8.19. The highest BCUT2D eigenvalue weighted by molar-refractivity contribution is 5.20. The molecule has 1 fully saturated rings. The second-order valence-electron chi connectivity index (χ2n) is 4.62. The predicted molar refractivity (Wildman–Crippen MR) is 53.4 cm³/mol. The second kappa shape index (κ2) is 3.03. The van der Waals surface area contributed by atoms with Crippen molar-refractivity contribution in [3.63, 3.8) is 0 Å². The van der Waals surface area contributed by atoms with Gasteiger partial charge < -0.3 is 21.7 Å². The summed E-state index contributed by atoms with van der Waals surface area (Å²) < 4.78 is 0. The van der Waals surface area contributed by atoms with Gasteiger partial charge >= 0.3 is 0 Å². The molecular formula is C10H18N2O2. The Hall–Kier alpha value is -0.420. The molecule has 0 amide bonds. The van der Waals surface area contributed by atoms with Crippen LogP contribution in [0.25, 0.3) is 0 Å². The lowest BCUT2D eigenvalue weighted by atomic mass is 9.59. The first-order chi connectivity index (χ1) is 6.54. The number of aliphatic hydroxyl groups is 2. The molecule has 1 saturated carbocycles. The van der Waals surface area contributed by atoms with Crippen LogP contribution in [0.3, 0.4) is 0 Å². The molecule has 6 N–H and O–H groups in total. The van der Waals surface area contributed by atoms with Crippen molar-refractivity contribution in [1.82, 2.24) is 0 Å². The number of nitrogens with two attached hydrogens (primary N) is 2. The van der Waals surface area contributed by atoms with Crippen LogP contribution in [0.4, 0.5) is 0 Å². The van der Waals surface area contributed by atoms with E-state index in [2.05, 4.69) is 0 Å². The van der Waals surface area contributed by atoms with E-state index >= 15 is 0 Å². The summed E-state index contributed by atoms with van der Waals surface area (Å²) in [5.41, 5.74) is 9.45. The number of hydrogen-bond acceptors (Lipinski definition) is 4. The SMILES string of the molecule is NCC1(O)C[C@@H]2C=C[C@H]1CC2(O)CN. The molecular weight excluding hydrogens is 180 g/mol. The summed E-state index contributed by atoms with van der Waals surface area (Å²) in [5.74, 6) is -0.0999. The van der Waals surface area contributed by atoms with Crippen LogP contribution in [0.2, 0.25) is 0 Å². The van der Waals surface area contributed by atoms with Crippen molar-refractivity contribution in [1.29, 1.82) is 0 Å². The normalized spacial score (nSPS) is 51.1. The minimum atomic E-state index is -0.833. The lowest BCUT2D eigenvalue weighted by molar-refractivity contribution is -0.131. The molecule has 0 radical (unpaired) electrons. The molecule has 4 nitrogen and oxygen atoms in total. The Morgan fingerprint density at radius 1 is 1.00 bits per heavy atom. The van der Waals surface area contributed by atoms with Gasteiger partial charge in [0.2, 0.25) is 0 Å². The van der Waals surface area contributed by atoms with Gasteiger partial charge in [-0.25, -0.2) is 0 Å². The summed E-state index contributed by atoms with van der Waals surface area (Å²) in [6, 6.07) is 0. The smallest absolute Gasteiger partial charge is 0.0839 e. The van der Waals surface area contributed by atoms with Crippen LogP contribution in [0, 0.1) is 11.8 Å². The van der Waals surface area contributed by atoms with Crippen molar-refractivity contribution in [3.8, 4) is 0 Å². The molecule has 2 bridgehead atoms. The molecule has 4 atom stereocenters. The van der Waals surface area contributed by atoms with Gasteiger partial charge in [0.15, 0.2) is 0 Å². The van der Waals surface area contributed by atoms with Crippen LogP contribution in [0.1, 0.15) is 12.8 Å². The second-order valence-corrected chi connectivity index (χ2v) is 4.62. The third-order valence-electron chi connectivity index (χ3n) is 3.81. The fourth-order valence-electron chi connectivity index (χ4n) is 2.68. The molecule has 3 aliphatic rings. The lowest BCUT2D eigenvalue weighted by Crippen LogP contribution is -2.61. The van der Waals surface area contributed by atoms with E-state index in [4.69, 9.17) is 11.5 Å². The Labute approximate surface area is 83.6 Å². The zero-order valence-electron chi connectivity index (χ0n) is 8.19. The first kappa shape index (κ1) is 10.1. The van der Waals surface area contributed by atoms with Gasteiger partial charge in [0, 0.05) is 24.9 Å². The maximum Gasteiger partial charge on any atom is 0.0839 e. The number of fused-ring (bicyclic) bond motifs is 2. The highest BCUT2D eigenvalue weighted by Crippen LogP contribution is 2.47. The molecule has 3 rings (SSSR count). The zero-order chi connectivity index (χ0) is 10.4. The van der Waals surface area contributed by atoms with Crippen molar-refractivity contribution in [2.45, 2.75) is 24.0 Å². The van der Waals surface area contributed by atoms with Crippen molar-refractivity contribution in [2.24, 2.45) is 23.3 Å². The molecule has 0 aromatic carbocycles. The maximum absolute atomic E-state index is 10.2. The molecule has 4 heteroatoms. The molecule has 0 aromatic heterocycles. The summed E-state index contributed by atoms with van der Waals surface area (Å²) >= 11 is 0. The van der Waals surface area contributed by atoms with Crippen LogP contribution in [-0.2, 0) is 0 Å². The molecule has 0 aliphatic heterocycles. The van der Waals surface area contributed by atoms with Gasteiger partial charge in [0.1, 0.15) is 0 Å². The lowest BCUT2D eigenvalue weighted by Gasteiger charge is -2.52. The predicted octanol–water partition coefficient (Wildman–Crippen LogP) is -1.04. The largest absolute Gasteiger partial charge is 0.388 e. The maximum atomic E-state index is 10.2. The highest BCUT2D eigenvalue weighted by Gasteiger charge is 2.53. The Morgan fingerprint density at radius 2 is 1.36 bits per heavy atom. The third-order valence-corrected chi connectivity index (χ3v) is 3.81. The van der Waals surface area contributed by atoms with Crippen LogP contribution in [0.5, 0.6) is 0 Å². The Balaban J connectivity index is 2.27. The Bertz CT molecular complexity index is 243. The average molecular weight is 198 g/mol. The summed E-state index contributed by atoms with van der Waals surface area (Å²) in [5, 5.41) is 20.3. The van der Waals surface area contributed by atoms with Crippen molar-refractivity contribution >= 4 is 0 Å². The van der Waals surface area contributed by atoms with E-state index in [-0.39, 0.29) is 24.9 Å². The van der Waals surface area contributed by atoms with Gasteiger partial charge in [-0.2, -0.15) is 0 Å². The van der Waals surface area contributed by atoms with Gasteiger partial charge in [-0.15, -0.1) is 0 Å². The van der Waals surface area contributed by atoms with Crippen molar-refractivity contribution in [2.75, 3.05) is 13.1 Å². The third kappa shape index (κ3) is 1.22. The van der Waals surface area contributed by atoms with E-state index in [0.717, 1.165) is 0 Å². The van der Waals surface area contributed by atoms with E-state index in [0.29, 0.717) is 12.8 Å². The molecule has 0 spiro atoms. The molecule has 0 heterocycles. The molecule has 0 saturated heterocycles. The van der Waals surface area contributed by atoms with Crippen molar-refractivity contribution in [3.05, 3.63) is 12.2 Å². The van der Waals surface area contributed by atoms with E-state index < -0.39 is 11.2 Å². The van der Waals surface area contributed by atoms with E-state index in [1.807, 2.05) is 12.2 Å². The van der Waals surface area contributed by atoms with Crippen LogP contribution in [0.15, 0.2) is 12.2 Å². The van der Waals surface area contributed by atoms with E-state index in [1.165, 1.54) is 0 Å². The van der Waals surface area contributed by atoms with Gasteiger partial charge in [-0.05, 0) is 12.8 Å². The van der Waals surface area contributed by atoms with Gasteiger partial charge in [-0.3, -0.25) is 0 Å². The van der Waals surface area contributed by atoms with Gasteiger partial charge in [0.05, 0.1) is 11.2 Å². The quantitative estimate of drug-likeness (QED) is 0.427. The molecule has 80 valence electrons. The first-order valence-electron chi connectivity index (χ1n) is 5.07. The monoisotopic (exact) mass is 198 g/mol. The minimum absolute atomic E-state index is 0.0500. The summed E-state index contributed by atoms with van der Waals surface area (Å²) in [4.78, 5) is 0. The van der Waals surface area contributed by atoms with E-state index in [1.54, 1.807) is 0 Å². The Morgan fingerprint density at radius 3 is 1.57 bits per heavy atom. The molecule has 2 unspecified atom stereocenters. The summed E-state index contributed by atoms with van der Waals surface area (Å²) in [6.07, 6.45) is 4.98. The van der Waals surface area contributed by atoms with Gasteiger partial charge in [0.25, 0.3) is 0 Å². The fraction of sp³-hybridized carbons (Fsp3) is 0.800. The average Bonchev–Trinajstić information content (AvgIpc) is 2.20. The van der Waals surface area contributed by atoms with Crippen LogP contribution < -0.4 is 11.5 Å². The van der Waals surface area contributed by atoms with Gasteiger partial charge in [-0.1, -0.05) is 12.2 Å². The topological polar surface area (TPSA) is 92.5 Å². The van der Waals surface area contributed by atoms with Crippen molar-refractivity contribution < 1.29 is 10.2 Å². The van der Waals surface area contributed by atoms with E-state index in [9.17, 15) is 10.2 Å². The number of rotatable bonds is 2. The summed E-state index contributed by atoms with van der Waals surface area (Å²) in [6.45, 7) is 0.498. The first-order valence-corrected chi connectivity index (χ1v) is 5.07. The molecule has 3 aliphatic carbocycles. The molecule has 0 aromatic rings.